The quantitative estimate of drug-likeness (QED) is 0.795. The molecule has 9 nitrogen and oxygen atoms in total. The third kappa shape index (κ3) is 2.15. The molecular formula is C10H11N5O4. The van der Waals surface area contributed by atoms with Gasteiger partial charge in [0.15, 0.2) is 5.69 Å². The van der Waals surface area contributed by atoms with Gasteiger partial charge in [0.05, 0.1) is 19.5 Å². The summed E-state index contributed by atoms with van der Waals surface area (Å²) in [7, 11) is 0. The number of hydrogen-bond donors (Lipinski definition) is 2. The maximum Gasteiger partial charge on any atom is 0.356 e. The first kappa shape index (κ1) is 11.7. The number of aromatic amines is 1. The fraction of sp³-hybridized carbons (Fsp3) is 0.400. The van der Waals surface area contributed by atoms with E-state index in [1.165, 1.54) is 6.33 Å². The highest BCUT2D eigenvalue weighted by Gasteiger charge is 2.22. The Hall–Kier alpha value is -2.42. The Kier molecular flexibility index (Phi) is 2.88. The molecule has 0 atom stereocenters. The number of rotatable bonds is 3. The molecule has 2 aromatic heterocycles. The second-order valence-electron chi connectivity index (χ2n) is 3.93. The summed E-state index contributed by atoms with van der Waals surface area (Å²) in [6.45, 7) is 2.56. The van der Waals surface area contributed by atoms with Gasteiger partial charge in [-0.15, -0.1) is 0 Å². The third-order valence-corrected chi connectivity index (χ3v) is 2.77. The van der Waals surface area contributed by atoms with Crippen LogP contribution >= 0.6 is 0 Å². The van der Waals surface area contributed by atoms with Crippen LogP contribution in [-0.2, 0) is 4.74 Å². The molecule has 3 heterocycles. The molecule has 100 valence electrons. The van der Waals surface area contributed by atoms with Crippen LogP contribution in [0.15, 0.2) is 10.9 Å². The van der Waals surface area contributed by atoms with Crippen molar-refractivity contribution in [1.29, 1.82) is 0 Å². The predicted octanol–water partition coefficient (Wildman–Crippen LogP) is -0.00550. The number of H-pyrrole nitrogens is 1. The summed E-state index contributed by atoms with van der Waals surface area (Å²) in [6.07, 6.45) is 1.28. The van der Waals surface area contributed by atoms with E-state index in [1.807, 2.05) is 4.90 Å². The highest BCUT2D eigenvalue weighted by atomic mass is 16.5. The maximum atomic E-state index is 11.0. The summed E-state index contributed by atoms with van der Waals surface area (Å²) < 4.78 is 10.3. The second-order valence-corrected chi connectivity index (χ2v) is 3.93. The van der Waals surface area contributed by atoms with Gasteiger partial charge in [0.25, 0.3) is 11.8 Å². The Morgan fingerprint density at radius 3 is 2.95 bits per heavy atom. The molecule has 19 heavy (non-hydrogen) atoms. The van der Waals surface area contributed by atoms with E-state index in [9.17, 15) is 4.79 Å². The molecule has 0 unspecified atom stereocenters. The van der Waals surface area contributed by atoms with Gasteiger partial charge < -0.3 is 24.3 Å². The van der Waals surface area contributed by atoms with E-state index in [-0.39, 0.29) is 17.3 Å². The lowest BCUT2D eigenvalue weighted by atomic mass is 10.3. The molecule has 0 aliphatic carbocycles. The molecular weight excluding hydrogens is 254 g/mol. The number of nitrogens with zero attached hydrogens (tertiary/aromatic N) is 4. The molecule has 1 fully saturated rings. The smallest absolute Gasteiger partial charge is 0.356 e. The zero-order valence-corrected chi connectivity index (χ0v) is 9.87. The lowest BCUT2D eigenvalue weighted by Gasteiger charge is -2.24. The first-order valence-electron chi connectivity index (χ1n) is 5.69. The number of aromatic carboxylic acids is 1. The molecule has 0 spiro atoms. The fourth-order valence-electron chi connectivity index (χ4n) is 1.83. The molecule has 0 saturated carbocycles. The standard InChI is InChI=1S/C10H11N5O4/c16-9(17)7-6(11-5-12-7)8-13-10(14-19-8)15-1-3-18-4-2-15/h5H,1-4H2,(H,11,12)(H,16,17). The number of carboxylic acid groups (broad SMARTS) is 1. The van der Waals surface area contributed by atoms with Crippen molar-refractivity contribution in [1.82, 2.24) is 20.1 Å². The van der Waals surface area contributed by atoms with Gasteiger partial charge >= 0.3 is 5.97 Å². The van der Waals surface area contributed by atoms with Gasteiger partial charge in [-0.05, 0) is 5.16 Å². The van der Waals surface area contributed by atoms with Gasteiger partial charge in [0.1, 0.15) is 5.69 Å². The highest BCUT2D eigenvalue weighted by molar-refractivity contribution is 5.91. The van der Waals surface area contributed by atoms with E-state index in [0.717, 1.165) is 0 Å². The van der Waals surface area contributed by atoms with Gasteiger partial charge in [-0.25, -0.2) is 9.78 Å². The lowest BCUT2D eigenvalue weighted by molar-refractivity contribution is 0.0691. The average Bonchev–Trinajstić information content (AvgIpc) is 3.08. The Morgan fingerprint density at radius 2 is 2.21 bits per heavy atom. The monoisotopic (exact) mass is 265 g/mol. The van der Waals surface area contributed by atoms with Gasteiger partial charge in [0, 0.05) is 13.1 Å². The second kappa shape index (κ2) is 4.69. The summed E-state index contributed by atoms with van der Waals surface area (Å²) in [6, 6.07) is 0. The largest absolute Gasteiger partial charge is 0.476 e. The van der Waals surface area contributed by atoms with Crippen molar-refractivity contribution in [3.63, 3.8) is 0 Å². The summed E-state index contributed by atoms with van der Waals surface area (Å²) in [5.41, 5.74) is 0.0664. The number of carbonyl (C=O) groups is 1. The first-order valence-corrected chi connectivity index (χ1v) is 5.69. The number of hydrogen-bond acceptors (Lipinski definition) is 7. The average molecular weight is 265 g/mol. The molecule has 1 aliphatic heterocycles. The fourth-order valence-corrected chi connectivity index (χ4v) is 1.83. The van der Waals surface area contributed by atoms with Crippen LogP contribution in [0.1, 0.15) is 10.5 Å². The molecule has 9 heteroatoms. The van der Waals surface area contributed by atoms with Crippen LogP contribution in [-0.4, -0.2) is 57.5 Å². The van der Waals surface area contributed by atoms with E-state index in [2.05, 4.69) is 20.1 Å². The van der Waals surface area contributed by atoms with E-state index in [1.54, 1.807) is 0 Å². The van der Waals surface area contributed by atoms with Crippen LogP contribution in [0.3, 0.4) is 0 Å². The van der Waals surface area contributed by atoms with Crippen molar-refractivity contribution in [2.45, 2.75) is 0 Å². The maximum absolute atomic E-state index is 11.0. The molecule has 1 saturated heterocycles. The van der Waals surface area contributed by atoms with Crippen molar-refractivity contribution in [2.24, 2.45) is 0 Å². The zero-order chi connectivity index (χ0) is 13.2. The summed E-state index contributed by atoms with van der Waals surface area (Å²) >= 11 is 0. The Morgan fingerprint density at radius 1 is 1.42 bits per heavy atom. The molecule has 3 rings (SSSR count). The van der Waals surface area contributed by atoms with E-state index >= 15 is 0 Å². The number of morpholine rings is 1. The minimum absolute atomic E-state index is 0.108. The van der Waals surface area contributed by atoms with E-state index < -0.39 is 5.97 Å². The van der Waals surface area contributed by atoms with Gasteiger partial charge in [-0.2, -0.15) is 4.98 Å². The lowest BCUT2D eigenvalue weighted by Crippen LogP contribution is -2.36. The highest BCUT2D eigenvalue weighted by Crippen LogP contribution is 2.21. The van der Waals surface area contributed by atoms with Crippen LogP contribution in [0.4, 0.5) is 5.95 Å². The molecule has 1 aliphatic rings. The van der Waals surface area contributed by atoms with Crippen LogP contribution in [0.2, 0.25) is 0 Å². The Labute approximate surface area is 107 Å². The van der Waals surface area contributed by atoms with Crippen molar-refractivity contribution < 1.29 is 19.2 Å². The van der Waals surface area contributed by atoms with Crippen LogP contribution in [0, 0.1) is 0 Å². The number of carboxylic acids is 1. The number of imidazole rings is 1. The van der Waals surface area contributed by atoms with E-state index in [0.29, 0.717) is 32.3 Å². The number of ether oxygens (including phenoxy) is 1. The number of nitrogens with one attached hydrogen (secondary N) is 1. The molecule has 0 aromatic carbocycles. The zero-order valence-electron chi connectivity index (χ0n) is 9.87. The van der Waals surface area contributed by atoms with Crippen molar-refractivity contribution in [2.75, 3.05) is 31.2 Å². The Balaban J connectivity index is 1.88. The molecule has 2 aromatic rings. The number of aromatic nitrogens is 4. The minimum Gasteiger partial charge on any atom is -0.476 e. The normalized spacial score (nSPS) is 15.7. The predicted molar refractivity (Wildman–Crippen MR) is 61.9 cm³/mol. The van der Waals surface area contributed by atoms with Gasteiger partial charge in [-0.3, -0.25) is 0 Å². The van der Waals surface area contributed by atoms with Gasteiger partial charge in [-0.1, -0.05) is 0 Å². The topological polar surface area (TPSA) is 117 Å². The summed E-state index contributed by atoms with van der Waals surface area (Å²) in [4.78, 5) is 23.4. The minimum atomic E-state index is -1.15. The SMILES string of the molecule is O=C(O)c1nc[nH]c1-c1nc(N2CCOCC2)no1. The van der Waals surface area contributed by atoms with Crippen LogP contribution in [0.5, 0.6) is 0 Å². The van der Waals surface area contributed by atoms with Crippen LogP contribution < -0.4 is 4.90 Å². The van der Waals surface area contributed by atoms with Crippen LogP contribution in [0.25, 0.3) is 11.6 Å². The first-order chi connectivity index (χ1) is 9.25. The number of anilines is 1. The van der Waals surface area contributed by atoms with Crippen molar-refractivity contribution >= 4 is 11.9 Å². The van der Waals surface area contributed by atoms with Gasteiger partial charge in [0.2, 0.25) is 0 Å². The molecule has 2 N–H and O–H groups in total. The Bertz CT molecular complexity index is 586. The van der Waals surface area contributed by atoms with E-state index in [4.69, 9.17) is 14.4 Å². The summed E-state index contributed by atoms with van der Waals surface area (Å²) in [5, 5.41) is 12.8. The summed E-state index contributed by atoms with van der Waals surface area (Å²) in [5.74, 6) is -0.622. The van der Waals surface area contributed by atoms with Crippen molar-refractivity contribution in [3.05, 3.63) is 12.0 Å². The third-order valence-electron chi connectivity index (χ3n) is 2.77. The molecule has 0 amide bonds. The molecule has 0 radical (unpaired) electrons. The van der Waals surface area contributed by atoms with Crippen molar-refractivity contribution in [3.8, 4) is 11.6 Å². The molecule has 0 bridgehead atoms.